The summed E-state index contributed by atoms with van der Waals surface area (Å²) in [6, 6.07) is 6.76. The summed E-state index contributed by atoms with van der Waals surface area (Å²) in [7, 11) is 0. The Balaban J connectivity index is 1.44. The van der Waals surface area contributed by atoms with Gasteiger partial charge in [-0.25, -0.2) is 0 Å². The molecular weight excluding hydrogens is 360 g/mol. The number of nitrogens with one attached hydrogen (secondary N) is 1. The summed E-state index contributed by atoms with van der Waals surface area (Å²) in [4.78, 5) is 38.0. The molecule has 2 saturated carbocycles. The third kappa shape index (κ3) is 1.07. The van der Waals surface area contributed by atoms with E-state index in [9.17, 15) is 14.4 Å². The van der Waals surface area contributed by atoms with Crippen LogP contribution in [0, 0.1) is 22.2 Å². The molecule has 4 aliphatic carbocycles. The van der Waals surface area contributed by atoms with Crippen LogP contribution in [0.5, 0.6) is 0 Å². The van der Waals surface area contributed by atoms with Gasteiger partial charge in [0.2, 0.25) is 0 Å². The van der Waals surface area contributed by atoms with Crippen LogP contribution in [0.25, 0.3) is 0 Å². The van der Waals surface area contributed by atoms with Crippen molar-refractivity contribution in [2.24, 2.45) is 22.2 Å². The normalized spacial score (nSPS) is 41.5. The number of piperidine rings is 1. The van der Waals surface area contributed by atoms with Gasteiger partial charge >= 0.3 is 0 Å². The summed E-state index contributed by atoms with van der Waals surface area (Å²) < 4.78 is 0.856. The molecule has 23 heavy (non-hydrogen) atoms. The van der Waals surface area contributed by atoms with Crippen LogP contribution in [0.1, 0.15) is 23.7 Å². The molecule has 1 heterocycles. The molecule has 1 saturated heterocycles. The zero-order valence-corrected chi connectivity index (χ0v) is 13.9. The SMILES string of the molecule is C[C@@]12C(=O)N(NC(=O)c3ccc(Br)cc3)C(=O)[C@]13C1C=CC23C1. The van der Waals surface area contributed by atoms with E-state index in [0.717, 1.165) is 15.9 Å². The Hall–Kier alpha value is -1.95. The molecule has 4 atom stereocenters. The van der Waals surface area contributed by atoms with Gasteiger partial charge in [0.1, 0.15) is 0 Å². The van der Waals surface area contributed by atoms with Crippen LogP contribution in [0.15, 0.2) is 40.9 Å². The van der Waals surface area contributed by atoms with Gasteiger partial charge in [-0.3, -0.25) is 19.8 Å². The van der Waals surface area contributed by atoms with Gasteiger partial charge in [-0.1, -0.05) is 28.1 Å². The molecular formula is C17H13BrN2O3. The molecule has 2 unspecified atom stereocenters. The minimum absolute atomic E-state index is 0.138. The van der Waals surface area contributed by atoms with Crippen molar-refractivity contribution in [1.82, 2.24) is 10.4 Å². The number of amides is 3. The summed E-state index contributed by atoms with van der Waals surface area (Å²) in [5.74, 6) is -0.843. The number of benzene rings is 1. The number of rotatable bonds is 2. The predicted molar refractivity (Wildman–Crippen MR) is 83.7 cm³/mol. The second-order valence-corrected chi connectivity index (χ2v) is 7.88. The Morgan fingerprint density at radius 3 is 2.57 bits per heavy atom. The highest BCUT2D eigenvalue weighted by Crippen LogP contribution is 2.97. The molecule has 1 aromatic rings. The van der Waals surface area contributed by atoms with Crippen LogP contribution in [0.2, 0.25) is 0 Å². The molecule has 1 aliphatic heterocycles. The summed E-state index contributed by atoms with van der Waals surface area (Å²) in [5.41, 5.74) is 1.32. The minimum atomic E-state index is -0.677. The average Bonchev–Trinajstić information content (AvgIpc) is 3.00. The second-order valence-electron chi connectivity index (χ2n) is 6.97. The topological polar surface area (TPSA) is 66.5 Å². The molecule has 1 aromatic carbocycles. The molecule has 6 heteroatoms. The zero-order chi connectivity index (χ0) is 16.2. The Bertz CT molecular complexity index is 848. The molecule has 3 fully saturated rings. The van der Waals surface area contributed by atoms with Crippen molar-refractivity contribution >= 4 is 33.7 Å². The summed E-state index contributed by atoms with van der Waals surface area (Å²) in [6.07, 6.45) is 4.98. The maximum Gasteiger partial charge on any atom is 0.270 e. The number of hydrogen-bond acceptors (Lipinski definition) is 3. The van der Waals surface area contributed by atoms with Gasteiger partial charge < -0.3 is 0 Å². The van der Waals surface area contributed by atoms with E-state index in [1.807, 2.05) is 19.1 Å². The highest BCUT2D eigenvalue weighted by Gasteiger charge is 3.03. The van der Waals surface area contributed by atoms with Gasteiger partial charge in [-0.2, -0.15) is 5.01 Å². The summed E-state index contributed by atoms with van der Waals surface area (Å²) >= 11 is 3.31. The van der Waals surface area contributed by atoms with Gasteiger partial charge in [-0.15, -0.1) is 0 Å². The van der Waals surface area contributed by atoms with E-state index in [1.54, 1.807) is 24.3 Å². The maximum absolute atomic E-state index is 12.9. The van der Waals surface area contributed by atoms with Gasteiger partial charge in [0, 0.05) is 15.5 Å². The molecule has 5 aliphatic rings. The molecule has 0 radical (unpaired) electrons. The van der Waals surface area contributed by atoms with Crippen LogP contribution in [0.3, 0.4) is 0 Å². The first-order valence-corrected chi connectivity index (χ1v) is 8.34. The fourth-order valence-corrected chi connectivity index (χ4v) is 5.70. The summed E-state index contributed by atoms with van der Waals surface area (Å²) in [6.45, 7) is 1.86. The van der Waals surface area contributed by atoms with Crippen molar-refractivity contribution in [2.75, 3.05) is 0 Å². The van der Waals surface area contributed by atoms with Gasteiger partial charge in [0.25, 0.3) is 17.7 Å². The van der Waals surface area contributed by atoms with Crippen molar-refractivity contribution in [3.8, 4) is 0 Å². The third-order valence-electron chi connectivity index (χ3n) is 6.52. The van der Waals surface area contributed by atoms with E-state index < -0.39 is 16.7 Å². The first-order chi connectivity index (χ1) is 10.9. The largest absolute Gasteiger partial charge is 0.272 e. The highest BCUT2D eigenvalue weighted by molar-refractivity contribution is 9.10. The number of carbonyl (C=O) groups is 3. The molecule has 2 bridgehead atoms. The predicted octanol–water partition coefficient (Wildman–Crippen LogP) is 2.05. The molecule has 0 aromatic heterocycles. The lowest BCUT2D eigenvalue weighted by Crippen LogP contribution is -2.53. The summed E-state index contributed by atoms with van der Waals surface area (Å²) in [5, 5.41) is 0.946. The second kappa shape index (κ2) is 3.59. The lowest BCUT2D eigenvalue weighted by molar-refractivity contribution is -0.151. The number of hydrogen-bond donors (Lipinski definition) is 1. The van der Waals surface area contributed by atoms with E-state index in [-0.39, 0.29) is 23.1 Å². The molecule has 116 valence electrons. The first-order valence-electron chi connectivity index (χ1n) is 7.55. The fourth-order valence-electron chi connectivity index (χ4n) is 5.44. The van der Waals surface area contributed by atoms with Crippen LogP contribution in [-0.2, 0) is 9.59 Å². The molecule has 1 N–H and O–H groups in total. The van der Waals surface area contributed by atoms with Crippen LogP contribution in [-0.4, -0.2) is 22.7 Å². The number of carbonyl (C=O) groups excluding carboxylic acids is 3. The van der Waals surface area contributed by atoms with E-state index >= 15 is 0 Å². The Morgan fingerprint density at radius 1 is 1.26 bits per heavy atom. The van der Waals surface area contributed by atoms with Gasteiger partial charge in [0.15, 0.2) is 0 Å². The van der Waals surface area contributed by atoms with Crippen LogP contribution in [0.4, 0.5) is 0 Å². The van der Waals surface area contributed by atoms with Crippen molar-refractivity contribution in [3.05, 3.63) is 46.5 Å². The first kappa shape index (κ1) is 13.5. The van der Waals surface area contributed by atoms with Crippen molar-refractivity contribution in [2.45, 2.75) is 13.3 Å². The van der Waals surface area contributed by atoms with Crippen LogP contribution >= 0.6 is 15.9 Å². The van der Waals surface area contributed by atoms with Crippen molar-refractivity contribution in [1.29, 1.82) is 0 Å². The average molecular weight is 373 g/mol. The monoisotopic (exact) mass is 372 g/mol. The fraction of sp³-hybridized carbons (Fsp3) is 0.353. The Labute approximate surface area is 140 Å². The number of allylic oxidation sites excluding steroid dienone is 2. The number of halogens is 1. The minimum Gasteiger partial charge on any atom is -0.272 e. The van der Waals surface area contributed by atoms with Crippen LogP contribution < -0.4 is 5.43 Å². The van der Waals surface area contributed by atoms with Crippen molar-refractivity contribution in [3.63, 3.8) is 0 Å². The molecule has 3 amide bonds. The van der Waals surface area contributed by atoms with E-state index in [0.29, 0.717) is 5.56 Å². The highest BCUT2D eigenvalue weighted by atomic mass is 79.9. The lowest BCUT2D eigenvalue weighted by Gasteiger charge is -2.35. The quantitative estimate of drug-likeness (QED) is 0.638. The van der Waals surface area contributed by atoms with Crippen molar-refractivity contribution < 1.29 is 14.4 Å². The number of nitrogens with zero attached hydrogens (tertiary/aromatic N) is 1. The number of imide groups is 1. The third-order valence-corrected chi connectivity index (χ3v) is 7.05. The van der Waals surface area contributed by atoms with E-state index in [1.165, 1.54) is 0 Å². The Kier molecular flexibility index (Phi) is 2.10. The van der Waals surface area contributed by atoms with Gasteiger partial charge in [0.05, 0.1) is 10.8 Å². The molecule has 2 spiro atoms. The van der Waals surface area contributed by atoms with E-state index in [2.05, 4.69) is 21.4 Å². The molecule has 6 rings (SSSR count). The smallest absolute Gasteiger partial charge is 0.270 e. The van der Waals surface area contributed by atoms with E-state index in [4.69, 9.17) is 0 Å². The van der Waals surface area contributed by atoms with Gasteiger partial charge in [-0.05, 0) is 43.5 Å². The zero-order valence-electron chi connectivity index (χ0n) is 12.3. The lowest BCUT2D eigenvalue weighted by atomic mass is 9.70. The Morgan fingerprint density at radius 2 is 1.96 bits per heavy atom. The standard InChI is InChI=1S/C17H13BrN2O3/c1-15-13(22)20(19-12(21)9-2-4-11(18)5-3-9)14(23)17(15)10-6-7-16(15,17)8-10/h2-7,10H,8H2,1H3,(H,19,21)/t10?,15-,16?,17+/m0/s1. The maximum atomic E-state index is 12.9. The molecule has 5 nitrogen and oxygen atoms in total. The number of hydrazine groups is 1.